The Bertz CT molecular complexity index is 268. The lowest BCUT2D eigenvalue weighted by Gasteiger charge is -2.30. The van der Waals surface area contributed by atoms with Gasteiger partial charge in [0.05, 0.1) is 6.61 Å². The molecule has 5 nitrogen and oxygen atoms in total. The molecule has 1 saturated heterocycles. The molecule has 100 valence electrons. The molecule has 1 aliphatic rings. The molecule has 0 aromatic rings. The first-order chi connectivity index (χ1) is 7.86. The van der Waals surface area contributed by atoms with E-state index >= 15 is 0 Å². The van der Waals surface area contributed by atoms with Crippen LogP contribution < -0.4 is 5.73 Å². The molecule has 0 aromatic carbocycles. The van der Waals surface area contributed by atoms with Crippen LogP contribution in [0, 0.1) is 5.92 Å². The van der Waals surface area contributed by atoms with E-state index in [1.54, 1.807) is 14.0 Å². The number of methoxy groups -OCH3 is 1. The normalized spacial score (nSPS) is 26.7. The van der Waals surface area contributed by atoms with E-state index in [1.807, 2.05) is 6.92 Å². The number of carboxylic acids is 1. The fourth-order valence-electron chi connectivity index (χ4n) is 2.46. The average Bonchev–Trinajstić information content (AvgIpc) is 2.66. The van der Waals surface area contributed by atoms with Crippen LogP contribution in [-0.2, 0) is 9.53 Å². The summed E-state index contributed by atoms with van der Waals surface area (Å²) in [6.07, 6.45) is 1.59. The van der Waals surface area contributed by atoms with Crippen LogP contribution in [0.15, 0.2) is 0 Å². The second kappa shape index (κ2) is 5.80. The second-order valence-electron chi connectivity index (χ2n) is 5.38. The molecule has 0 radical (unpaired) electrons. The van der Waals surface area contributed by atoms with E-state index in [-0.39, 0.29) is 6.04 Å². The average molecular weight is 244 g/mol. The van der Waals surface area contributed by atoms with Crippen molar-refractivity contribution >= 4 is 5.97 Å². The molecule has 17 heavy (non-hydrogen) atoms. The number of hydrogen-bond acceptors (Lipinski definition) is 4. The molecular weight excluding hydrogens is 220 g/mol. The Morgan fingerprint density at radius 1 is 1.71 bits per heavy atom. The minimum Gasteiger partial charge on any atom is -0.480 e. The van der Waals surface area contributed by atoms with Gasteiger partial charge in [-0.2, -0.15) is 0 Å². The van der Waals surface area contributed by atoms with Crippen molar-refractivity contribution in [2.24, 2.45) is 11.7 Å². The highest BCUT2D eigenvalue weighted by atomic mass is 16.5. The maximum Gasteiger partial charge on any atom is 0.323 e. The third kappa shape index (κ3) is 3.94. The maximum atomic E-state index is 11.0. The van der Waals surface area contributed by atoms with E-state index in [9.17, 15) is 4.79 Å². The van der Waals surface area contributed by atoms with Crippen molar-refractivity contribution in [2.45, 2.75) is 38.3 Å². The molecule has 1 fully saturated rings. The van der Waals surface area contributed by atoms with Gasteiger partial charge in [0.15, 0.2) is 0 Å². The molecule has 1 heterocycles. The Morgan fingerprint density at radius 2 is 2.35 bits per heavy atom. The SMILES string of the molecule is COCC1CCN(C(C)CC(C)(N)C(=O)O)C1. The van der Waals surface area contributed by atoms with E-state index in [2.05, 4.69) is 4.90 Å². The highest BCUT2D eigenvalue weighted by Gasteiger charge is 2.34. The summed E-state index contributed by atoms with van der Waals surface area (Å²) >= 11 is 0. The van der Waals surface area contributed by atoms with Gasteiger partial charge in [-0.05, 0) is 39.2 Å². The summed E-state index contributed by atoms with van der Waals surface area (Å²) in [5, 5.41) is 9.01. The number of ether oxygens (including phenoxy) is 1. The van der Waals surface area contributed by atoms with Gasteiger partial charge in [0.2, 0.25) is 0 Å². The number of carbonyl (C=O) groups is 1. The largest absolute Gasteiger partial charge is 0.480 e. The third-order valence-electron chi connectivity index (χ3n) is 3.55. The molecule has 0 aliphatic carbocycles. The van der Waals surface area contributed by atoms with Crippen LogP contribution in [0.2, 0.25) is 0 Å². The molecule has 3 atom stereocenters. The molecule has 0 aromatic heterocycles. The Labute approximate surface area is 103 Å². The Balaban J connectivity index is 2.44. The minimum atomic E-state index is -1.14. The van der Waals surface area contributed by atoms with Gasteiger partial charge in [0, 0.05) is 19.7 Å². The number of hydrogen-bond donors (Lipinski definition) is 2. The van der Waals surface area contributed by atoms with Crippen molar-refractivity contribution < 1.29 is 14.6 Å². The molecule has 1 rings (SSSR count). The lowest BCUT2D eigenvalue weighted by atomic mass is 9.94. The van der Waals surface area contributed by atoms with Gasteiger partial charge in [0.25, 0.3) is 0 Å². The zero-order valence-corrected chi connectivity index (χ0v) is 11.0. The zero-order valence-electron chi connectivity index (χ0n) is 11.0. The lowest BCUT2D eigenvalue weighted by Crippen LogP contribution is -2.49. The van der Waals surface area contributed by atoms with Crippen LogP contribution in [-0.4, -0.2) is 54.4 Å². The first kappa shape index (κ1) is 14.4. The van der Waals surface area contributed by atoms with Crippen LogP contribution >= 0.6 is 0 Å². The van der Waals surface area contributed by atoms with Gasteiger partial charge in [-0.3, -0.25) is 4.79 Å². The summed E-state index contributed by atoms with van der Waals surface area (Å²) < 4.78 is 5.15. The van der Waals surface area contributed by atoms with Crippen LogP contribution in [0.1, 0.15) is 26.7 Å². The number of nitrogens with two attached hydrogens (primary N) is 1. The standard InChI is InChI=1S/C12H24N2O3/c1-9(6-12(2,13)11(15)16)14-5-4-10(7-14)8-17-3/h9-10H,4-8,13H2,1-3H3,(H,15,16). The number of likely N-dealkylation sites (tertiary alicyclic amines) is 1. The van der Waals surface area contributed by atoms with Crippen LogP contribution in [0.25, 0.3) is 0 Å². The Morgan fingerprint density at radius 3 is 2.88 bits per heavy atom. The number of rotatable bonds is 6. The molecule has 1 aliphatic heterocycles. The molecule has 0 spiro atoms. The molecule has 3 N–H and O–H groups in total. The predicted octanol–water partition coefficient (Wildman–Crippen LogP) is 0.535. The highest BCUT2D eigenvalue weighted by molar-refractivity contribution is 5.77. The molecular formula is C12H24N2O3. The first-order valence-electron chi connectivity index (χ1n) is 6.12. The summed E-state index contributed by atoms with van der Waals surface area (Å²) in [4.78, 5) is 13.3. The Kier molecular flexibility index (Phi) is 4.91. The summed E-state index contributed by atoms with van der Waals surface area (Å²) in [7, 11) is 1.72. The summed E-state index contributed by atoms with van der Waals surface area (Å²) in [5.74, 6) is -0.367. The monoisotopic (exact) mass is 244 g/mol. The fourth-order valence-corrected chi connectivity index (χ4v) is 2.46. The minimum absolute atomic E-state index is 0.197. The number of aliphatic carboxylic acids is 1. The summed E-state index contributed by atoms with van der Waals surface area (Å²) in [6.45, 7) is 6.38. The number of nitrogens with zero attached hydrogens (tertiary/aromatic N) is 1. The van der Waals surface area contributed by atoms with Crippen molar-refractivity contribution in [3.8, 4) is 0 Å². The van der Waals surface area contributed by atoms with Gasteiger partial charge in [-0.1, -0.05) is 0 Å². The van der Waals surface area contributed by atoms with Gasteiger partial charge in [-0.25, -0.2) is 0 Å². The van der Waals surface area contributed by atoms with E-state index < -0.39 is 11.5 Å². The van der Waals surface area contributed by atoms with E-state index in [4.69, 9.17) is 15.6 Å². The third-order valence-corrected chi connectivity index (χ3v) is 3.55. The highest BCUT2D eigenvalue weighted by Crippen LogP contribution is 2.22. The molecule has 5 heteroatoms. The molecule has 0 amide bonds. The van der Waals surface area contributed by atoms with Gasteiger partial charge in [-0.15, -0.1) is 0 Å². The van der Waals surface area contributed by atoms with Crippen molar-refractivity contribution in [3.63, 3.8) is 0 Å². The summed E-state index contributed by atoms with van der Waals surface area (Å²) in [5.41, 5.74) is 4.63. The van der Waals surface area contributed by atoms with Gasteiger partial charge in [0.1, 0.15) is 5.54 Å². The van der Waals surface area contributed by atoms with Crippen molar-refractivity contribution in [1.29, 1.82) is 0 Å². The van der Waals surface area contributed by atoms with Gasteiger partial charge >= 0.3 is 5.97 Å². The van der Waals surface area contributed by atoms with Crippen LogP contribution in [0.5, 0.6) is 0 Å². The van der Waals surface area contributed by atoms with Crippen LogP contribution in [0.3, 0.4) is 0 Å². The van der Waals surface area contributed by atoms with Gasteiger partial charge < -0.3 is 20.5 Å². The maximum absolute atomic E-state index is 11.0. The molecule has 0 bridgehead atoms. The lowest BCUT2D eigenvalue weighted by molar-refractivity contribution is -0.143. The zero-order chi connectivity index (χ0) is 13.1. The van der Waals surface area contributed by atoms with E-state index in [1.165, 1.54) is 0 Å². The second-order valence-corrected chi connectivity index (χ2v) is 5.38. The Hall–Kier alpha value is -0.650. The topological polar surface area (TPSA) is 75.8 Å². The van der Waals surface area contributed by atoms with E-state index in [0.29, 0.717) is 12.3 Å². The first-order valence-corrected chi connectivity index (χ1v) is 6.12. The quantitative estimate of drug-likeness (QED) is 0.713. The van der Waals surface area contributed by atoms with Crippen molar-refractivity contribution in [3.05, 3.63) is 0 Å². The van der Waals surface area contributed by atoms with Crippen molar-refractivity contribution in [2.75, 3.05) is 26.8 Å². The number of carboxylic acid groups (broad SMARTS) is 1. The smallest absolute Gasteiger partial charge is 0.323 e. The molecule has 3 unspecified atom stereocenters. The van der Waals surface area contributed by atoms with Crippen LogP contribution in [0.4, 0.5) is 0 Å². The molecule has 0 saturated carbocycles. The summed E-state index contributed by atoms with van der Waals surface area (Å²) in [6, 6.07) is 0.197. The predicted molar refractivity (Wildman–Crippen MR) is 65.9 cm³/mol. The fraction of sp³-hybridized carbons (Fsp3) is 0.917. The van der Waals surface area contributed by atoms with E-state index in [0.717, 1.165) is 26.1 Å². The van der Waals surface area contributed by atoms with Crippen molar-refractivity contribution in [1.82, 2.24) is 4.90 Å².